The molecule has 1 aliphatic rings. The molecule has 146 valence electrons. The molecule has 0 aliphatic carbocycles. The Bertz CT molecular complexity index is 1070. The number of benzene rings is 1. The Morgan fingerprint density at radius 2 is 2.18 bits per heavy atom. The second kappa shape index (κ2) is 6.84. The van der Waals surface area contributed by atoms with E-state index in [4.69, 9.17) is 0 Å². The van der Waals surface area contributed by atoms with Crippen molar-refractivity contribution in [3.63, 3.8) is 0 Å². The smallest absolute Gasteiger partial charge is 0.332 e. The quantitative estimate of drug-likeness (QED) is 0.605. The fourth-order valence-corrected chi connectivity index (χ4v) is 3.94. The SMILES string of the molecule is Cc1cc([C@@H]2CN(C(=O)c3ccc(F)c(Br)c3)CC(F)(F)C2)[n+]2[nH]cnc2n1. The molecule has 1 aliphatic heterocycles. The van der Waals surface area contributed by atoms with Crippen molar-refractivity contribution in [3.8, 4) is 0 Å². The molecule has 6 nitrogen and oxygen atoms in total. The third-order valence-electron chi connectivity index (χ3n) is 4.74. The van der Waals surface area contributed by atoms with Gasteiger partial charge in [-0.2, -0.15) is 0 Å². The molecule has 1 atom stereocenters. The molecule has 1 fully saturated rings. The monoisotopic (exact) mass is 454 g/mol. The normalized spacial score (nSPS) is 19.2. The average Bonchev–Trinajstić information content (AvgIpc) is 3.09. The Hall–Kier alpha value is -2.49. The maximum Gasteiger partial charge on any atom is 0.457 e. The lowest BCUT2D eigenvalue weighted by atomic mass is 9.91. The molecular formula is C18H16BrF3N5O+. The standard InChI is InChI=1S/C18H15BrF3N5O/c1-10-4-15(27-17(25-10)23-9-24-27)12-6-18(21,22)8-26(7-12)16(28)11-2-3-14(20)13(19)5-11/h2-5,9,12H,6-8H2,1H3/p+1/t12-/m0/s1. The van der Waals surface area contributed by atoms with Gasteiger partial charge in [-0.15, -0.1) is 4.52 Å². The topological polar surface area (TPSA) is 66.0 Å². The maximum absolute atomic E-state index is 14.5. The number of nitrogens with zero attached hydrogens (tertiary/aromatic N) is 4. The summed E-state index contributed by atoms with van der Waals surface area (Å²) < 4.78 is 44.2. The minimum absolute atomic E-state index is 0.105. The van der Waals surface area contributed by atoms with Gasteiger partial charge in [0.1, 0.15) is 17.2 Å². The summed E-state index contributed by atoms with van der Waals surface area (Å²) in [5.74, 6) is -4.39. The number of nitrogens with one attached hydrogen (secondary N) is 1. The highest BCUT2D eigenvalue weighted by Gasteiger charge is 2.44. The number of halogens is 4. The van der Waals surface area contributed by atoms with Crippen LogP contribution in [0.3, 0.4) is 0 Å². The molecule has 0 radical (unpaired) electrons. The van der Waals surface area contributed by atoms with Crippen LogP contribution in [0.25, 0.3) is 5.78 Å². The van der Waals surface area contributed by atoms with Crippen molar-refractivity contribution in [1.29, 1.82) is 0 Å². The van der Waals surface area contributed by atoms with E-state index >= 15 is 0 Å². The van der Waals surface area contributed by atoms with Gasteiger partial charge in [0.2, 0.25) is 0 Å². The molecule has 1 aromatic carbocycles. The average molecular weight is 455 g/mol. The molecule has 0 saturated carbocycles. The summed E-state index contributed by atoms with van der Waals surface area (Å²) in [5.41, 5.74) is 1.38. The number of fused-ring (bicyclic) bond motifs is 1. The minimum atomic E-state index is -3.06. The van der Waals surface area contributed by atoms with Crippen molar-refractivity contribution < 1.29 is 22.5 Å². The van der Waals surface area contributed by atoms with Crippen molar-refractivity contribution >= 4 is 27.6 Å². The fraction of sp³-hybridized carbons (Fsp3) is 0.333. The van der Waals surface area contributed by atoms with E-state index in [1.165, 1.54) is 18.5 Å². The highest BCUT2D eigenvalue weighted by atomic mass is 79.9. The van der Waals surface area contributed by atoms with Gasteiger partial charge in [0.15, 0.2) is 6.33 Å². The van der Waals surface area contributed by atoms with Crippen molar-refractivity contribution in [2.45, 2.75) is 25.2 Å². The summed E-state index contributed by atoms with van der Waals surface area (Å²) >= 11 is 3.02. The third kappa shape index (κ3) is 3.48. The molecule has 2 aromatic heterocycles. The number of hydrogen-bond donors (Lipinski definition) is 1. The lowest BCUT2D eigenvalue weighted by Crippen LogP contribution is -2.50. The summed E-state index contributed by atoms with van der Waals surface area (Å²) in [4.78, 5) is 22.3. The van der Waals surface area contributed by atoms with Gasteiger partial charge in [-0.1, -0.05) is 9.97 Å². The van der Waals surface area contributed by atoms with Crippen LogP contribution in [0.1, 0.15) is 34.1 Å². The van der Waals surface area contributed by atoms with Crippen LogP contribution in [0, 0.1) is 12.7 Å². The van der Waals surface area contributed by atoms with E-state index in [0.29, 0.717) is 17.2 Å². The van der Waals surface area contributed by atoms with E-state index in [1.54, 1.807) is 17.5 Å². The molecule has 3 heterocycles. The second-order valence-corrected chi connectivity index (χ2v) is 7.77. The number of aryl methyl sites for hydroxylation is 1. The fourth-order valence-electron chi connectivity index (χ4n) is 3.56. The molecule has 1 N–H and O–H groups in total. The van der Waals surface area contributed by atoms with Gasteiger partial charge in [-0.3, -0.25) is 4.79 Å². The van der Waals surface area contributed by atoms with Crippen molar-refractivity contribution in [2.24, 2.45) is 0 Å². The molecule has 4 rings (SSSR count). The first kappa shape index (κ1) is 18.9. The molecule has 28 heavy (non-hydrogen) atoms. The number of carbonyl (C=O) groups excluding carboxylic acids is 1. The lowest BCUT2D eigenvalue weighted by molar-refractivity contribution is -0.590. The van der Waals surface area contributed by atoms with E-state index < -0.39 is 36.5 Å². The molecule has 1 amide bonds. The zero-order valence-corrected chi connectivity index (χ0v) is 16.4. The Morgan fingerprint density at radius 1 is 1.39 bits per heavy atom. The first-order valence-electron chi connectivity index (χ1n) is 8.58. The van der Waals surface area contributed by atoms with Crippen LogP contribution < -0.4 is 4.52 Å². The Morgan fingerprint density at radius 3 is 2.93 bits per heavy atom. The summed E-state index contributed by atoms with van der Waals surface area (Å²) in [6, 6.07) is 5.45. The van der Waals surface area contributed by atoms with Gasteiger partial charge >= 0.3 is 5.78 Å². The van der Waals surface area contributed by atoms with Gasteiger partial charge in [-0.05, 0) is 41.1 Å². The van der Waals surface area contributed by atoms with E-state index in [9.17, 15) is 18.0 Å². The number of carbonyl (C=O) groups is 1. The van der Waals surface area contributed by atoms with Gasteiger partial charge in [0.25, 0.3) is 11.8 Å². The van der Waals surface area contributed by atoms with E-state index in [-0.39, 0.29) is 16.6 Å². The van der Waals surface area contributed by atoms with Crippen molar-refractivity contribution in [3.05, 3.63) is 57.8 Å². The molecule has 0 bridgehead atoms. The number of hydrogen-bond acceptors (Lipinski definition) is 3. The predicted molar refractivity (Wildman–Crippen MR) is 96.6 cm³/mol. The predicted octanol–water partition coefficient (Wildman–Crippen LogP) is 3.02. The number of likely N-dealkylation sites (tertiary alicyclic amines) is 1. The van der Waals surface area contributed by atoms with E-state index in [1.807, 2.05) is 0 Å². The van der Waals surface area contributed by atoms with Crippen LogP contribution >= 0.6 is 15.9 Å². The van der Waals surface area contributed by atoms with Crippen LogP contribution in [-0.4, -0.2) is 44.9 Å². The second-order valence-electron chi connectivity index (χ2n) is 6.92. The molecule has 1 saturated heterocycles. The zero-order chi connectivity index (χ0) is 20.1. The van der Waals surface area contributed by atoms with Crippen LogP contribution in [0.15, 0.2) is 35.1 Å². The highest BCUT2D eigenvalue weighted by molar-refractivity contribution is 9.10. The van der Waals surface area contributed by atoms with Crippen LogP contribution in [0.2, 0.25) is 0 Å². The number of rotatable bonds is 2. The number of piperidine rings is 1. The number of aromatic nitrogens is 4. The summed E-state index contributed by atoms with van der Waals surface area (Å²) in [6.45, 7) is 1.18. The molecule has 10 heteroatoms. The Kier molecular flexibility index (Phi) is 4.60. The van der Waals surface area contributed by atoms with Crippen LogP contribution in [0.4, 0.5) is 13.2 Å². The Labute approximate surface area is 166 Å². The molecule has 0 unspecified atom stereocenters. The first-order valence-corrected chi connectivity index (χ1v) is 9.38. The van der Waals surface area contributed by atoms with Gasteiger partial charge in [0.05, 0.1) is 11.0 Å². The molecule has 3 aromatic rings. The minimum Gasteiger partial charge on any atom is -0.332 e. The number of alkyl halides is 2. The van der Waals surface area contributed by atoms with Crippen molar-refractivity contribution in [1.82, 2.24) is 20.0 Å². The van der Waals surface area contributed by atoms with Crippen molar-refractivity contribution in [2.75, 3.05) is 13.1 Å². The number of aromatic amines is 1. The summed E-state index contributed by atoms with van der Waals surface area (Å²) in [5, 5.41) is 2.88. The summed E-state index contributed by atoms with van der Waals surface area (Å²) in [7, 11) is 0. The zero-order valence-electron chi connectivity index (χ0n) is 14.8. The van der Waals surface area contributed by atoms with Crippen LogP contribution in [0.5, 0.6) is 0 Å². The molecular weight excluding hydrogens is 439 g/mol. The Balaban J connectivity index is 1.69. The largest absolute Gasteiger partial charge is 0.457 e. The van der Waals surface area contributed by atoms with Gasteiger partial charge in [0, 0.05) is 30.5 Å². The highest BCUT2D eigenvalue weighted by Crippen LogP contribution is 2.36. The first-order chi connectivity index (χ1) is 13.2. The van der Waals surface area contributed by atoms with Gasteiger partial charge < -0.3 is 4.90 Å². The van der Waals surface area contributed by atoms with E-state index in [2.05, 4.69) is 31.0 Å². The number of amides is 1. The van der Waals surface area contributed by atoms with Crippen LogP contribution in [-0.2, 0) is 0 Å². The molecule has 0 spiro atoms. The summed E-state index contributed by atoms with van der Waals surface area (Å²) in [6.07, 6.45) is 1.04. The van der Waals surface area contributed by atoms with E-state index in [0.717, 1.165) is 11.0 Å². The lowest BCUT2D eigenvalue weighted by Gasteiger charge is -2.37. The third-order valence-corrected chi connectivity index (χ3v) is 5.35. The number of H-pyrrole nitrogens is 1. The maximum atomic E-state index is 14.5. The van der Waals surface area contributed by atoms with Gasteiger partial charge in [-0.25, -0.2) is 18.3 Å².